The largest absolute Gasteiger partial charge is 0.497 e. The number of hydrogen-bond donors (Lipinski definition) is 1. The van der Waals surface area contributed by atoms with Gasteiger partial charge in [0.1, 0.15) is 22.9 Å². The van der Waals surface area contributed by atoms with Crippen molar-refractivity contribution < 1.29 is 23.0 Å². The fourth-order valence-electron chi connectivity index (χ4n) is 2.89. The van der Waals surface area contributed by atoms with Crippen molar-refractivity contribution in [1.82, 2.24) is 5.32 Å². The second-order valence-electron chi connectivity index (χ2n) is 5.14. The van der Waals surface area contributed by atoms with Crippen LogP contribution in [0.25, 0.3) is 0 Å². The molecule has 1 N–H and O–H groups in total. The van der Waals surface area contributed by atoms with Gasteiger partial charge in [-0.1, -0.05) is 0 Å². The molecule has 20 heavy (non-hydrogen) atoms. The summed E-state index contributed by atoms with van der Waals surface area (Å²) in [5, 5.41) is 2.68. The number of rotatable bonds is 3. The van der Waals surface area contributed by atoms with Gasteiger partial charge in [0.05, 0.1) is 13.2 Å². The predicted molar refractivity (Wildman–Crippen MR) is 66.6 cm³/mol. The minimum atomic E-state index is -0.919. The second kappa shape index (κ2) is 5.01. The fraction of sp³-hybridized carbons (Fsp3) is 0.500. The van der Waals surface area contributed by atoms with E-state index >= 15 is 0 Å². The number of carbonyl (C=O) groups excluding carboxylic acids is 1. The highest BCUT2D eigenvalue weighted by atomic mass is 19.1. The molecule has 0 unspecified atom stereocenters. The Balaban J connectivity index is 1.74. The van der Waals surface area contributed by atoms with Gasteiger partial charge < -0.3 is 14.8 Å². The molecule has 0 bridgehead atoms. The lowest BCUT2D eigenvalue weighted by Gasteiger charge is -2.39. The molecular formula is C14H15F2NO3. The summed E-state index contributed by atoms with van der Waals surface area (Å²) in [4.78, 5) is 12.0. The van der Waals surface area contributed by atoms with E-state index in [1.807, 2.05) is 0 Å². The van der Waals surface area contributed by atoms with Crippen LogP contribution >= 0.6 is 0 Å². The van der Waals surface area contributed by atoms with Gasteiger partial charge in [0, 0.05) is 30.7 Å². The second-order valence-corrected chi connectivity index (χ2v) is 5.14. The van der Waals surface area contributed by atoms with Crippen LogP contribution in [0.4, 0.5) is 8.78 Å². The Labute approximate surface area is 115 Å². The molecule has 0 spiro atoms. The summed E-state index contributed by atoms with van der Waals surface area (Å²) in [6, 6.07) is 1.94. The highest BCUT2D eigenvalue weighted by molar-refractivity contribution is 5.95. The van der Waals surface area contributed by atoms with Crippen molar-refractivity contribution in [2.75, 3.05) is 13.7 Å². The smallest absolute Gasteiger partial charge is 0.257 e. The third-order valence-corrected chi connectivity index (χ3v) is 4.06. The van der Waals surface area contributed by atoms with Crippen LogP contribution in [0.1, 0.15) is 23.2 Å². The van der Waals surface area contributed by atoms with E-state index in [1.165, 1.54) is 7.11 Å². The molecule has 1 amide bonds. The molecule has 3 atom stereocenters. The standard InChI is InChI=1S/C14H15F2NO3/c1-19-7-4-9(15)13(10(16)5-7)14(18)17-11-6-12-8(11)2-3-20-12/h4-5,8,11-12H,2-3,6H2,1H3,(H,17,18)/t8-,11+,12+/m1/s1. The summed E-state index contributed by atoms with van der Waals surface area (Å²) in [7, 11) is 1.31. The van der Waals surface area contributed by atoms with Crippen molar-refractivity contribution in [1.29, 1.82) is 0 Å². The van der Waals surface area contributed by atoms with E-state index < -0.39 is 23.1 Å². The number of halogens is 2. The Bertz CT molecular complexity index is 526. The molecule has 2 aliphatic rings. The molecule has 3 rings (SSSR count). The average Bonchev–Trinajstić information content (AvgIpc) is 2.76. The van der Waals surface area contributed by atoms with E-state index in [0.717, 1.165) is 18.6 Å². The fourth-order valence-corrected chi connectivity index (χ4v) is 2.89. The number of methoxy groups -OCH3 is 1. The monoisotopic (exact) mass is 283 g/mol. The van der Waals surface area contributed by atoms with Gasteiger partial charge in [0.2, 0.25) is 0 Å². The van der Waals surface area contributed by atoms with Crippen LogP contribution < -0.4 is 10.1 Å². The Morgan fingerprint density at radius 3 is 2.70 bits per heavy atom. The topological polar surface area (TPSA) is 47.6 Å². The number of nitrogens with one attached hydrogen (secondary N) is 1. The first-order valence-electron chi connectivity index (χ1n) is 6.55. The predicted octanol–water partition coefficient (Wildman–Crippen LogP) is 1.88. The summed E-state index contributed by atoms with van der Waals surface area (Å²) in [6.45, 7) is 0.687. The molecule has 1 aliphatic carbocycles. The summed E-state index contributed by atoms with van der Waals surface area (Å²) < 4.78 is 37.8. The summed E-state index contributed by atoms with van der Waals surface area (Å²) >= 11 is 0. The molecule has 1 aliphatic heterocycles. The highest BCUT2D eigenvalue weighted by Gasteiger charge is 2.46. The normalized spacial score (nSPS) is 27.6. The van der Waals surface area contributed by atoms with Crippen LogP contribution in [0.5, 0.6) is 5.75 Å². The van der Waals surface area contributed by atoms with Crippen LogP contribution in [0.3, 0.4) is 0 Å². The van der Waals surface area contributed by atoms with Crippen LogP contribution in [0, 0.1) is 17.6 Å². The minimum absolute atomic E-state index is 0.0458. The number of ether oxygens (including phenoxy) is 2. The van der Waals surface area contributed by atoms with Crippen molar-refractivity contribution in [3.05, 3.63) is 29.3 Å². The van der Waals surface area contributed by atoms with Gasteiger partial charge >= 0.3 is 0 Å². The molecule has 108 valence electrons. The third kappa shape index (κ3) is 2.14. The zero-order valence-electron chi connectivity index (χ0n) is 11.0. The maximum absolute atomic E-state index is 13.8. The molecule has 2 fully saturated rings. The van der Waals surface area contributed by atoms with Crippen molar-refractivity contribution in [2.24, 2.45) is 5.92 Å². The molecule has 1 saturated carbocycles. The van der Waals surface area contributed by atoms with E-state index in [4.69, 9.17) is 9.47 Å². The number of amides is 1. The van der Waals surface area contributed by atoms with Gasteiger partial charge in [-0.25, -0.2) is 8.78 Å². The molecule has 4 nitrogen and oxygen atoms in total. The van der Waals surface area contributed by atoms with Crippen molar-refractivity contribution in [3.8, 4) is 5.75 Å². The molecule has 1 aromatic rings. The lowest BCUT2D eigenvalue weighted by Crippen LogP contribution is -2.53. The van der Waals surface area contributed by atoms with Gasteiger partial charge in [0.25, 0.3) is 5.91 Å². The number of fused-ring (bicyclic) bond motifs is 1. The third-order valence-electron chi connectivity index (χ3n) is 4.06. The minimum Gasteiger partial charge on any atom is -0.497 e. The highest BCUT2D eigenvalue weighted by Crippen LogP contribution is 2.38. The summed E-state index contributed by atoms with van der Waals surface area (Å²) in [6.07, 6.45) is 1.77. The quantitative estimate of drug-likeness (QED) is 0.921. The molecule has 6 heteroatoms. The van der Waals surface area contributed by atoms with Crippen molar-refractivity contribution >= 4 is 5.91 Å². The first-order chi connectivity index (χ1) is 9.60. The Morgan fingerprint density at radius 2 is 2.10 bits per heavy atom. The van der Waals surface area contributed by atoms with E-state index in [-0.39, 0.29) is 23.8 Å². The molecule has 0 radical (unpaired) electrons. The molecule has 1 aromatic carbocycles. The van der Waals surface area contributed by atoms with Crippen LogP contribution in [0.15, 0.2) is 12.1 Å². The number of benzene rings is 1. The first kappa shape index (κ1) is 13.3. The van der Waals surface area contributed by atoms with Gasteiger partial charge in [-0.2, -0.15) is 0 Å². The van der Waals surface area contributed by atoms with E-state index in [2.05, 4.69) is 5.32 Å². The lowest BCUT2D eigenvalue weighted by molar-refractivity contribution is 0.00799. The SMILES string of the molecule is COc1cc(F)c(C(=O)N[C@H]2C[C@@H]3OCC[C@H]23)c(F)c1. The van der Waals surface area contributed by atoms with Crippen LogP contribution in [0.2, 0.25) is 0 Å². The van der Waals surface area contributed by atoms with Gasteiger partial charge in [-0.3, -0.25) is 4.79 Å². The Kier molecular flexibility index (Phi) is 3.33. The lowest BCUT2D eigenvalue weighted by atomic mass is 9.76. The van der Waals surface area contributed by atoms with Crippen LogP contribution in [-0.4, -0.2) is 31.8 Å². The average molecular weight is 283 g/mol. The summed E-state index contributed by atoms with van der Waals surface area (Å²) in [5.74, 6) is -2.25. The maximum atomic E-state index is 13.8. The van der Waals surface area contributed by atoms with E-state index in [0.29, 0.717) is 13.0 Å². The molecule has 0 aromatic heterocycles. The first-order valence-corrected chi connectivity index (χ1v) is 6.55. The van der Waals surface area contributed by atoms with Gasteiger partial charge in [-0.15, -0.1) is 0 Å². The maximum Gasteiger partial charge on any atom is 0.257 e. The molecule has 1 heterocycles. The van der Waals surface area contributed by atoms with Crippen molar-refractivity contribution in [2.45, 2.75) is 25.0 Å². The van der Waals surface area contributed by atoms with Crippen LogP contribution in [-0.2, 0) is 4.74 Å². The zero-order chi connectivity index (χ0) is 14.3. The molecular weight excluding hydrogens is 268 g/mol. The number of carbonyl (C=O) groups is 1. The van der Waals surface area contributed by atoms with Gasteiger partial charge in [-0.05, 0) is 12.8 Å². The number of hydrogen-bond acceptors (Lipinski definition) is 3. The zero-order valence-corrected chi connectivity index (χ0v) is 11.0. The van der Waals surface area contributed by atoms with Crippen molar-refractivity contribution in [3.63, 3.8) is 0 Å². The van der Waals surface area contributed by atoms with Gasteiger partial charge in [0.15, 0.2) is 0 Å². The Morgan fingerprint density at radius 1 is 1.40 bits per heavy atom. The van der Waals surface area contributed by atoms with E-state index in [1.54, 1.807) is 0 Å². The molecule has 1 saturated heterocycles. The Hall–Kier alpha value is -1.69. The van der Waals surface area contributed by atoms with E-state index in [9.17, 15) is 13.6 Å². The summed E-state index contributed by atoms with van der Waals surface area (Å²) in [5.41, 5.74) is -0.562.